The monoisotopic (exact) mass is 574 g/mol. The number of carbonyl (C=O) groups excluding carboxylic acids is 1. The third-order valence-corrected chi connectivity index (χ3v) is 9.02. The number of rotatable bonds is 13. The quantitative estimate of drug-likeness (QED) is 0.133. The Morgan fingerprint density at radius 2 is 1.38 bits per heavy atom. The van der Waals surface area contributed by atoms with Crippen molar-refractivity contribution in [2.24, 2.45) is 0 Å². The van der Waals surface area contributed by atoms with Gasteiger partial charge in [-0.3, -0.25) is 4.79 Å². The lowest BCUT2D eigenvalue weighted by atomic mass is 9.83. The smallest absolute Gasteiger partial charge is 0.308 e. The summed E-state index contributed by atoms with van der Waals surface area (Å²) in [6.07, 6.45) is 10.7. The molecule has 0 spiro atoms. The summed E-state index contributed by atoms with van der Waals surface area (Å²) in [6, 6.07) is 0. The zero-order chi connectivity index (χ0) is 28.2. The summed E-state index contributed by atoms with van der Waals surface area (Å²) in [6.45, 7) is 18.2. The number of ether oxygens (including phenoxy) is 2. The highest BCUT2D eigenvalue weighted by molar-refractivity contribution is 6.24. The first-order valence-corrected chi connectivity index (χ1v) is 15.0. The van der Waals surface area contributed by atoms with E-state index in [1.807, 2.05) is 13.8 Å². The lowest BCUT2D eigenvalue weighted by Crippen LogP contribution is -2.37. The van der Waals surface area contributed by atoms with Crippen LogP contribution in [0.25, 0.3) is 0 Å². The molecule has 37 heavy (non-hydrogen) atoms. The molecule has 1 aromatic carbocycles. The maximum Gasteiger partial charge on any atom is 0.308 e. The Morgan fingerprint density at radius 1 is 0.865 bits per heavy atom. The fourth-order valence-corrected chi connectivity index (χ4v) is 6.21. The minimum atomic E-state index is -0.290. The number of carbonyl (C=O) groups is 1. The van der Waals surface area contributed by atoms with Crippen LogP contribution in [-0.2, 0) is 11.2 Å². The molecule has 1 aromatic rings. The van der Waals surface area contributed by atoms with Crippen LogP contribution >= 0.6 is 34.8 Å². The second-order valence-electron chi connectivity index (χ2n) is 12.8. The van der Waals surface area contributed by atoms with Crippen molar-refractivity contribution in [2.75, 3.05) is 0 Å². The second kappa shape index (κ2) is 12.7. The lowest BCUT2D eigenvalue weighted by molar-refractivity contribution is -0.132. The van der Waals surface area contributed by atoms with Crippen molar-refractivity contribution < 1.29 is 14.3 Å². The summed E-state index contributed by atoms with van der Waals surface area (Å²) in [5.74, 6) is 1.36. The minimum absolute atomic E-state index is 0.161. The van der Waals surface area contributed by atoms with Crippen molar-refractivity contribution in [1.29, 1.82) is 0 Å². The SMILES string of the molecule is CC(=O)Oc1c(C)c(C)c2c(c1C)CCC(C)(CCCC(C)(Cl)CCCC(C)(Cl)CCCC(C)(C)Cl)O2. The normalized spacial score (nSPS) is 21.0. The van der Waals surface area contributed by atoms with Gasteiger partial charge in [0, 0.05) is 27.1 Å². The average molecular weight is 576 g/mol. The van der Waals surface area contributed by atoms with E-state index in [-0.39, 0.29) is 26.2 Å². The van der Waals surface area contributed by atoms with E-state index in [0.717, 1.165) is 98.6 Å². The first kappa shape index (κ1) is 32.6. The number of esters is 1. The van der Waals surface area contributed by atoms with Gasteiger partial charge in [-0.1, -0.05) is 0 Å². The molecule has 0 N–H and O–H groups in total. The van der Waals surface area contributed by atoms with Crippen LogP contribution in [0.1, 0.15) is 128 Å². The predicted molar refractivity (Wildman–Crippen MR) is 159 cm³/mol. The van der Waals surface area contributed by atoms with E-state index in [2.05, 4.69) is 41.5 Å². The van der Waals surface area contributed by atoms with E-state index >= 15 is 0 Å². The van der Waals surface area contributed by atoms with Crippen LogP contribution in [0.2, 0.25) is 0 Å². The predicted octanol–water partition coefficient (Wildman–Crippen LogP) is 10.1. The van der Waals surface area contributed by atoms with Gasteiger partial charge in [-0.05, 0) is 143 Å². The minimum Gasteiger partial charge on any atom is -0.487 e. The molecule has 3 unspecified atom stereocenters. The highest BCUT2D eigenvalue weighted by atomic mass is 35.5. The number of alkyl halides is 3. The number of halogens is 3. The van der Waals surface area contributed by atoms with Gasteiger partial charge >= 0.3 is 5.97 Å². The van der Waals surface area contributed by atoms with Crippen molar-refractivity contribution >= 4 is 40.8 Å². The van der Waals surface area contributed by atoms with E-state index < -0.39 is 0 Å². The van der Waals surface area contributed by atoms with Gasteiger partial charge in [0.15, 0.2) is 0 Å². The molecule has 0 bridgehead atoms. The molecule has 6 heteroatoms. The Morgan fingerprint density at radius 3 is 1.89 bits per heavy atom. The van der Waals surface area contributed by atoms with Crippen molar-refractivity contribution in [3.8, 4) is 11.5 Å². The molecule has 1 aliphatic heterocycles. The lowest BCUT2D eigenvalue weighted by Gasteiger charge is -2.38. The Bertz CT molecular complexity index is 946. The van der Waals surface area contributed by atoms with Gasteiger partial charge in [0.2, 0.25) is 0 Å². The summed E-state index contributed by atoms with van der Waals surface area (Å²) in [7, 11) is 0. The average Bonchev–Trinajstić information content (AvgIpc) is 2.73. The van der Waals surface area contributed by atoms with E-state index in [4.69, 9.17) is 44.3 Å². The Labute approximate surface area is 241 Å². The molecule has 3 nitrogen and oxygen atoms in total. The van der Waals surface area contributed by atoms with Gasteiger partial charge in [0.25, 0.3) is 0 Å². The summed E-state index contributed by atoms with van der Waals surface area (Å²) >= 11 is 20.1. The van der Waals surface area contributed by atoms with Crippen molar-refractivity contribution in [2.45, 2.75) is 153 Å². The maximum atomic E-state index is 11.6. The summed E-state index contributed by atoms with van der Waals surface area (Å²) in [5, 5.41) is 0. The molecule has 0 aromatic heterocycles. The molecular formula is C31H49Cl3O3. The van der Waals surface area contributed by atoms with Crippen molar-refractivity contribution in [3.63, 3.8) is 0 Å². The number of hydrogen-bond acceptors (Lipinski definition) is 3. The molecule has 0 amide bonds. The Kier molecular flexibility index (Phi) is 11.2. The molecule has 2 rings (SSSR count). The van der Waals surface area contributed by atoms with Crippen LogP contribution in [0.4, 0.5) is 0 Å². The van der Waals surface area contributed by atoms with E-state index in [1.54, 1.807) is 0 Å². The zero-order valence-electron chi connectivity index (χ0n) is 24.6. The van der Waals surface area contributed by atoms with Gasteiger partial charge in [-0.2, -0.15) is 0 Å². The zero-order valence-corrected chi connectivity index (χ0v) is 26.9. The summed E-state index contributed by atoms with van der Waals surface area (Å²) in [4.78, 5) is 11.0. The Balaban J connectivity index is 1.89. The third-order valence-electron chi connectivity index (χ3n) is 8.08. The van der Waals surface area contributed by atoms with Crippen LogP contribution in [0.3, 0.4) is 0 Å². The molecule has 0 fully saturated rings. The van der Waals surface area contributed by atoms with Crippen LogP contribution in [-0.4, -0.2) is 26.2 Å². The fourth-order valence-electron chi connectivity index (χ4n) is 5.54. The second-order valence-corrected chi connectivity index (χ2v) is 15.6. The topological polar surface area (TPSA) is 35.5 Å². The van der Waals surface area contributed by atoms with E-state index in [9.17, 15) is 4.79 Å². The molecule has 0 saturated carbocycles. The molecule has 212 valence electrons. The van der Waals surface area contributed by atoms with Gasteiger partial charge in [-0.15, -0.1) is 34.8 Å². The van der Waals surface area contributed by atoms with Crippen LogP contribution in [0, 0.1) is 20.8 Å². The maximum absolute atomic E-state index is 11.6. The molecule has 0 saturated heterocycles. The summed E-state index contributed by atoms with van der Waals surface area (Å²) < 4.78 is 12.2. The van der Waals surface area contributed by atoms with Gasteiger partial charge in [0.05, 0.1) is 0 Å². The van der Waals surface area contributed by atoms with E-state index in [0.29, 0.717) is 5.75 Å². The Hall–Kier alpha value is -0.640. The molecule has 0 radical (unpaired) electrons. The third kappa shape index (κ3) is 10.1. The van der Waals surface area contributed by atoms with Gasteiger partial charge < -0.3 is 9.47 Å². The molecule has 1 heterocycles. The molecule has 3 atom stereocenters. The van der Waals surface area contributed by atoms with Crippen LogP contribution in [0.15, 0.2) is 0 Å². The number of fused-ring (bicyclic) bond motifs is 1. The fraction of sp³-hybridized carbons (Fsp3) is 0.774. The highest BCUT2D eigenvalue weighted by Gasteiger charge is 2.35. The first-order valence-electron chi connectivity index (χ1n) is 13.9. The van der Waals surface area contributed by atoms with Gasteiger partial charge in [0.1, 0.15) is 17.1 Å². The largest absolute Gasteiger partial charge is 0.487 e. The summed E-state index contributed by atoms with van der Waals surface area (Å²) in [5.41, 5.74) is 3.99. The van der Waals surface area contributed by atoms with Crippen LogP contribution in [0.5, 0.6) is 11.5 Å². The molecular weight excluding hydrogens is 527 g/mol. The standard InChI is InChI=1S/C31H49Cl3O3/c1-21-22(2)27-25(23(3)26(21)36-24(4)35)13-20-31(9,37-27)19-12-18-30(8,34)17-11-16-29(7,33)15-10-14-28(5,6)32/h10-20H2,1-9H3. The van der Waals surface area contributed by atoms with Gasteiger partial charge in [-0.25, -0.2) is 0 Å². The number of hydrogen-bond donors (Lipinski definition) is 0. The van der Waals surface area contributed by atoms with Crippen molar-refractivity contribution in [3.05, 3.63) is 22.3 Å². The molecule has 1 aliphatic rings. The highest BCUT2D eigenvalue weighted by Crippen LogP contribution is 2.45. The molecule has 0 aliphatic carbocycles. The van der Waals surface area contributed by atoms with E-state index in [1.165, 1.54) is 6.92 Å². The van der Waals surface area contributed by atoms with Crippen LogP contribution < -0.4 is 9.47 Å². The number of benzene rings is 1. The van der Waals surface area contributed by atoms with Crippen molar-refractivity contribution in [1.82, 2.24) is 0 Å². The first-order chi connectivity index (χ1) is 16.8.